The number of aliphatic imine (C=N–C) groups is 1. The van der Waals surface area contributed by atoms with Crippen molar-refractivity contribution in [2.24, 2.45) is 4.99 Å². The number of anilines is 1. The molecule has 2 atom stereocenters. The molecule has 1 aromatic heterocycles. The highest BCUT2D eigenvalue weighted by Gasteiger charge is 2.45. The highest BCUT2D eigenvalue weighted by molar-refractivity contribution is 7.89. The Morgan fingerprint density at radius 1 is 1.05 bits per heavy atom. The van der Waals surface area contributed by atoms with Gasteiger partial charge in [-0.05, 0) is 23.8 Å². The number of hydrogen-bond donors (Lipinski definition) is 1. The Labute approximate surface area is 216 Å². The number of ether oxygens (including phenoxy) is 1. The van der Waals surface area contributed by atoms with Gasteiger partial charge in [-0.2, -0.15) is 17.9 Å². The predicted octanol–water partition coefficient (Wildman–Crippen LogP) is 4.22. The second kappa shape index (κ2) is 11.7. The molecule has 0 spiro atoms. The van der Waals surface area contributed by atoms with Crippen LogP contribution in [0.3, 0.4) is 0 Å². The maximum Gasteiger partial charge on any atom is 0.421 e. The van der Waals surface area contributed by atoms with Crippen molar-refractivity contribution in [1.82, 2.24) is 9.71 Å². The second-order valence-corrected chi connectivity index (χ2v) is 10.1. The molecule has 2 heterocycles. The number of carbonyl (C=O) groups is 1. The number of sulfonamides is 1. The average molecular weight is 549 g/mol. The number of esters is 1. The molecule has 9 nitrogen and oxygen atoms in total. The van der Waals surface area contributed by atoms with Gasteiger partial charge in [0.1, 0.15) is 6.61 Å². The Balaban J connectivity index is 1.48. The lowest BCUT2D eigenvalue weighted by Gasteiger charge is -2.36. The third kappa shape index (κ3) is 7.15. The lowest BCUT2D eigenvalue weighted by atomic mass is 10.1. The summed E-state index contributed by atoms with van der Waals surface area (Å²) < 4.78 is 74.9. The van der Waals surface area contributed by atoms with Gasteiger partial charge in [-0.1, -0.05) is 48.5 Å². The van der Waals surface area contributed by atoms with E-state index < -0.39 is 46.6 Å². The van der Waals surface area contributed by atoms with E-state index >= 15 is 0 Å². The van der Waals surface area contributed by atoms with Crippen molar-refractivity contribution < 1.29 is 36.0 Å². The molecule has 0 saturated carbocycles. The van der Waals surface area contributed by atoms with E-state index in [-0.39, 0.29) is 23.5 Å². The number of aromatic nitrogens is 1. The molecular formula is C25H23F3N4O5S. The number of nitrogens with zero attached hydrogens (tertiary/aromatic N) is 3. The molecule has 38 heavy (non-hydrogen) atoms. The number of rotatable bonds is 10. The molecule has 0 amide bonds. The molecule has 2 aromatic carbocycles. The van der Waals surface area contributed by atoms with Crippen molar-refractivity contribution in [3.05, 3.63) is 90.3 Å². The topological polar surface area (TPSA) is 110 Å². The van der Waals surface area contributed by atoms with E-state index in [1.54, 1.807) is 48.5 Å². The number of carbonyl (C=O) groups excluding carboxylic acids is 1. The van der Waals surface area contributed by atoms with Crippen molar-refractivity contribution in [2.45, 2.75) is 31.5 Å². The van der Waals surface area contributed by atoms with Crippen LogP contribution in [0.4, 0.5) is 24.5 Å². The first-order valence-corrected chi connectivity index (χ1v) is 13.0. The first-order chi connectivity index (χ1) is 18.1. The first kappa shape index (κ1) is 27.2. The van der Waals surface area contributed by atoms with Gasteiger partial charge in [0.15, 0.2) is 6.17 Å². The maximum atomic E-state index is 14.0. The number of nitrogens with one attached hydrogen (secondary N) is 1. The lowest BCUT2D eigenvalue weighted by Crippen LogP contribution is -2.52. The van der Waals surface area contributed by atoms with Crippen molar-refractivity contribution >= 4 is 33.6 Å². The fraction of sp³-hybridized carbons (Fsp3) is 0.240. The van der Waals surface area contributed by atoms with E-state index in [4.69, 9.17) is 9.57 Å². The van der Waals surface area contributed by atoms with Crippen molar-refractivity contribution in [3.63, 3.8) is 0 Å². The molecule has 1 N–H and O–H groups in total. The van der Waals surface area contributed by atoms with Crippen LogP contribution in [0.2, 0.25) is 0 Å². The van der Waals surface area contributed by atoms with Crippen molar-refractivity contribution in [1.29, 1.82) is 0 Å². The summed E-state index contributed by atoms with van der Waals surface area (Å²) in [6, 6.07) is 17.6. The summed E-state index contributed by atoms with van der Waals surface area (Å²) in [6.07, 6.45) is -5.75. The van der Waals surface area contributed by atoms with Crippen LogP contribution in [-0.4, -0.2) is 43.7 Å². The maximum absolute atomic E-state index is 14.0. The highest BCUT2D eigenvalue weighted by Crippen LogP contribution is 2.40. The van der Waals surface area contributed by atoms with Gasteiger partial charge < -0.3 is 4.74 Å². The number of benzene rings is 2. The van der Waals surface area contributed by atoms with Crippen molar-refractivity contribution in [3.8, 4) is 0 Å². The summed E-state index contributed by atoms with van der Waals surface area (Å²) in [6.45, 7) is -0.0198. The molecule has 2 unspecified atom stereocenters. The van der Waals surface area contributed by atoms with E-state index in [0.717, 1.165) is 23.0 Å². The predicted molar refractivity (Wildman–Crippen MR) is 133 cm³/mol. The molecule has 4 rings (SSSR count). The molecule has 3 aromatic rings. The molecule has 0 aliphatic carbocycles. The van der Waals surface area contributed by atoms with Crippen LogP contribution in [0.25, 0.3) is 0 Å². The Kier molecular flexibility index (Phi) is 8.39. The number of hydrogen-bond acceptors (Lipinski definition) is 8. The van der Waals surface area contributed by atoms with Gasteiger partial charge in [0, 0.05) is 24.2 Å². The van der Waals surface area contributed by atoms with E-state index in [2.05, 4.69) is 14.7 Å². The fourth-order valence-electron chi connectivity index (χ4n) is 3.55. The number of alkyl halides is 3. The largest absolute Gasteiger partial charge is 0.461 e. The van der Waals surface area contributed by atoms with Gasteiger partial charge in [0.2, 0.25) is 16.1 Å². The zero-order chi connectivity index (χ0) is 27.2. The van der Waals surface area contributed by atoms with Crippen LogP contribution in [0.1, 0.15) is 23.7 Å². The van der Waals surface area contributed by atoms with E-state index in [9.17, 15) is 26.4 Å². The number of fused-ring (bicyclic) bond motifs is 1. The quantitative estimate of drug-likeness (QED) is 0.378. The summed E-state index contributed by atoms with van der Waals surface area (Å²) >= 11 is 0. The van der Waals surface area contributed by atoms with Gasteiger partial charge in [-0.15, -0.1) is 0 Å². The van der Waals surface area contributed by atoms with Gasteiger partial charge in [0.25, 0.3) is 0 Å². The fourth-order valence-corrected chi connectivity index (χ4v) is 4.62. The minimum Gasteiger partial charge on any atom is -0.461 e. The Morgan fingerprint density at radius 2 is 1.79 bits per heavy atom. The Morgan fingerprint density at radius 3 is 2.50 bits per heavy atom. The number of para-hydroxylation sites is 2. The highest BCUT2D eigenvalue weighted by atomic mass is 32.2. The Hall–Kier alpha value is -3.81. The van der Waals surface area contributed by atoms with Crippen LogP contribution in [0.15, 0.2) is 84.1 Å². The molecule has 1 aliphatic rings. The van der Waals surface area contributed by atoms with Crippen LogP contribution in [0, 0.1) is 0 Å². The number of pyridine rings is 1. The average Bonchev–Trinajstić information content (AvgIpc) is 2.90. The normalized spacial score (nSPS) is 16.1. The molecule has 0 bridgehead atoms. The standard InChI is InChI=1S/C25H23F3N4O5S/c26-25(27,28)24(19-9-6-13-29-15-19)37-32-21-11-5-4-10-20(21)30-16-22(32)31-38(34,35)14-12-23(33)36-17-18-7-2-1-3-8-18/h1-11,13,15-16,22,24,31H,12,14,17H2. The minimum absolute atomic E-state index is 0.0198. The molecule has 0 saturated heterocycles. The molecule has 1 aliphatic heterocycles. The van der Waals surface area contributed by atoms with Gasteiger partial charge in [-0.25, -0.2) is 13.5 Å². The summed E-state index contributed by atoms with van der Waals surface area (Å²) in [7, 11) is -4.19. The smallest absolute Gasteiger partial charge is 0.421 e. The number of halogens is 3. The molecule has 13 heteroatoms. The SMILES string of the molecule is O=C(CCS(=O)(=O)NC1C=Nc2ccccc2N1OC(c1cccnc1)C(F)(F)F)OCc1ccccc1. The van der Waals surface area contributed by atoms with Crippen LogP contribution in [0.5, 0.6) is 0 Å². The summed E-state index contributed by atoms with van der Waals surface area (Å²) in [5.41, 5.74) is 0.852. The first-order valence-electron chi connectivity index (χ1n) is 11.4. The van der Waals surface area contributed by atoms with E-state index in [1.807, 2.05) is 0 Å². The van der Waals surface area contributed by atoms with Gasteiger partial charge in [0.05, 0.1) is 23.5 Å². The zero-order valence-electron chi connectivity index (χ0n) is 19.8. The number of hydroxylamine groups is 1. The van der Waals surface area contributed by atoms with Gasteiger partial charge in [-0.3, -0.25) is 19.6 Å². The lowest BCUT2D eigenvalue weighted by molar-refractivity contribution is -0.229. The summed E-state index contributed by atoms with van der Waals surface area (Å²) in [5.74, 6) is -1.41. The van der Waals surface area contributed by atoms with Crippen molar-refractivity contribution in [2.75, 3.05) is 10.8 Å². The molecular weight excluding hydrogens is 525 g/mol. The van der Waals surface area contributed by atoms with Crippen LogP contribution < -0.4 is 9.79 Å². The molecule has 200 valence electrons. The monoisotopic (exact) mass is 548 g/mol. The van der Waals surface area contributed by atoms with E-state index in [0.29, 0.717) is 0 Å². The molecule has 0 radical (unpaired) electrons. The zero-order valence-corrected chi connectivity index (χ0v) is 20.6. The van der Waals surface area contributed by atoms with E-state index in [1.165, 1.54) is 24.4 Å². The minimum atomic E-state index is -4.85. The third-order valence-corrected chi connectivity index (χ3v) is 6.69. The Bertz CT molecular complexity index is 1370. The summed E-state index contributed by atoms with van der Waals surface area (Å²) in [5, 5.41) is 0.804. The molecule has 0 fully saturated rings. The van der Waals surface area contributed by atoms with Crippen LogP contribution in [-0.2, 0) is 31.0 Å². The van der Waals surface area contributed by atoms with Crippen LogP contribution >= 0.6 is 0 Å². The van der Waals surface area contributed by atoms with Gasteiger partial charge >= 0.3 is 12.1 Å². The summed E-state index contributed by atoms with van der Waals surface area (Å²) in [4.78, 5) is 25.4. The third-order valence-electron chi connectivity index (χ3n) is 5.35. The second-order valence-electron chi connectivity index (χ2n) is 8.18.